The molecule has 0 aliphatic rings. The van der Waals surface area contributed by atoms with E-state index in [0.717, 1.165) is 66.3 Å². The summed E-state index contributed by atoms with van der Waals surface area (Å²) in [5, 5.41) is 2.85. The normalized spacial score (nSPS) is 12.7. The number of anilines is 1. The molecule has 1 unspecified atom stereocenters. The quantitative estimate of drug-likeness (QED) is 0.0470. The smallest absolute Gasteiger partial charge is 0.248 e. The number of amides is 1. The van der Waals surface area contributed by atoms with Gasteiger partial charge in [-0.1, -0.05) is 51.1 Å². The van der Waals surface area contributed by atoms with Crippen LogP contribution in [0.2, 0.25) is 0 Å². The lowest BCUT2D eigenvalue weighted by Gasteiger charge is -2.13. The second kappa shape index (κ2) is 19.5. The summed E-state index contributed by atoms with van der Waals surface area (Å²) in [6.45, 7) is 14.9. The van der Waals surface area contributed by atoms with Crippen molar-refractivity contribution in [2.24, 2.45) is 0 Å². The molecule has 9 heteroatoms. The monoisotopic (exact) mass is 645 g/mol. The lowest BCUT2D eigenvalue weighted by Crippen LogP contribution is -2.11. The maximum absolute atomic E-state index is 13.0. The Hall–Kier alpha value is -4.05. The summed E-state index contributed by atoms with van der Waals surface area (Å²) >= 11 is -1.23. The summed E-state index contributed by atoms with van der Waals surface area (Å²) in [5.74, 6) is 1.50. The van der Waals surface area contributed by atoms with E-state index in [2.05, 4.69) is 35.3 Å². The van der Waals surface area contributed by atoms with Crippen LogP contribution in [0, 0.1) is 6.92 Å². The van der Waals surface area contributed by atoms with Crippen molar-refractivity contribution in [3.8, 4) is 5.75 Å². The molecule has 0 saturated carbocycles. The van der Waals surface area contributed by atoms with Gasteiger partial charge in [-0.3, -0.25) is 4.79 Å². The van der Waals surface area contributed by atoms with E-state index >= 15 is 0 Å². The Kier molecular flexibility index (Phi) is 15.4. The third kappa shape index (κ3) is 11.7. The van der Waals surface area contributed by atoms with Crippen molar-refractivity contribution < 1.29 is 23.6 Å². The third-order valence-corrected chi connectivity index (χ3v) is 8.50. The van der Waals surface area contributed by atoms with Crippen LogP contribution in [0.5, 0.6) is 5.75 Å². The van der Waals surface area contributed by atoms with Crippen molar-refractivity contribution in [1.29, 1.82) is 0 Å². The molecule has 0 radical (unpaired) electrons. The molecule has 0 aliphatic carbocycles. The molecule has 1 aromatic heterocycles. The van der Waals surface area contributed by atoms with Gasteiger partial charge in [0.2, 0.25) is 5.91 Å². The van der Waals surface area contributed by atoms with Crippen LogP contribution in [0.25, 0.3) is 5.57 Å². The van der Waals surface area contributed by atoms with Crippen LogP contribution >= 0.6 is 0 Å². The molecule has 3 aromatic rings. The molecule has 3 rings (SSSR count). The molecule has 1 heterocycles. The topological polar surface area (TPSA) is 97.7 Å². The first-order valence-corrected chi connectivity index (χ1v) is 17.0. The first kappa shape index (κ1) is 36.4. The van der Waals surface area contributed by atoms with Crippen LogP contribution < -0.4 is 10.1 Å². The van der Waals surface area contributed by atoms with E-state index in [9.17, 15) is 9.35 Å². The second-order valence-electron chi connectivity index (χ2n) is 10.8. The van der Waals surface area contributed by atoms with Gasteiger partial charge in [-0.2, -0.15) is 0 Å². The molecule has 46 heavy (non-hydrogen) atoms. The van der Waals surface area contributed by atoms with Crippen molar-refractivity contribution in [2.75, 3.05) is 32.2 Å². The van der Waals surface area contributed by atoms with Crippen LogP contribution in [0.4, 0.5) is 5.69 Å². The fourth-order valence-electron chi connectivity index (χ4n) is 4.46. The highest BCUT2D eigenvalue weighted by Crippen LogP contribution is 2.22. The van der Waals surface area contributed by atoms with Crippen molar-refractivity contribution in [2.45, 2.75) is 64.2 Å². The van der Waals surface area contributed by atoms with Gasteiger partial charge >= 0.3 is 0 Å². The van der Waals surface area contributed by atoms with Gasteiger partial charge in [-0.05, 0) is 97.0 Å². The largest absolute Gasteiger partial charge is 0.611 e. The van der Waals surface area contributed by atoms with Gasteiger partial charge < -0.3 is 28.6 Å². The molecule has 246 valence electrons. The molecule has 0 spiro atoms. The van der Waals surface area contributed by atoms with Crippen molar-refractivity contribution in [3.63, 3.8) is 0 Å². The number of rotatable bonds is 19. The lowest BCUT2D eigenvalue weighted by atomic mass is 10.1. The molecule has 0 fully saturated rings. The first-order valence-electron chi connectivity index (χ1n) is 15.7. The Bertz CT molecular complexity index is 1490. The maximum Gasteiger partial charge on any atom is 0.248 e. The predicted molar refractivity (Wildman–Crippen MR) is 187 cm³/mol. The molecule has 1 amide bonds. The summed E-state index contributed by atoms with van der Waals surface area (Å²) < 4.78 is 31.9. The Balaban J connectivity index is 1.51. The second-order valence-corrected chi connectivity index (χ2v) is 12.2. The number of hydrogen-bond acceptors (Lipinski definition) is 6. The number of methoxy groups -OCH3 is 1. The third-order valence-electron chi connectivity index (χ3n) is 7.17. The average Bonchev–Trinajstić information content (AvgIpc) is 3.40. The number of unbranched alkanes of at least 4 members (excludes halogenated alkanes) is 1. The molecule has 8 nitrogen and oxygen atoms in total. The molecular formula is C37H47N3O5S. The number of carbonyl (C=O) groups excluding carboxylic acids is 1. The zero-order valence-corrected chi connectivity index (χ0v) is 28.5. The molecule has 1 N–H and O–H groups in total. The molecular weight excluding hydrogens is 598 g/mol. The van der Waals surface area contributed by atoms with Gasteiger partial charge in [0.25, 0.3) is 0 Å². The van der Waals surface area contributed by atoms with Crippen LogP contribution in [-0.2, 0) is 37.7 Å². The molecule has 0 aliphatic heterocycles. The van der Waals surface area contributed by atoms with E-state index in [1.54, 1.807) is 43.8 Å². The van der Waals surface area contributed by atoms with Gasteiger partial charge in [0.15, 0.2) is 10.6 Å². The maximum atomic E-state index is 13.0. The van der Waals surface area contributed by atoms with Crippen LogP contribution in [0.3, 0.4) is 0 Å². The summed E-state index contributed by atoms with van der Waals surface area (Å²) in [7, 11) is 1.59. The lowest BCUT2D eigenvalue weighted by molar-refractivity contribution is -0.111. The molecule has 0 bridgehead atoms. The number of aryl methyl sites for hydroxylation is 2. The van der Waals surface area contributed by atoms with E-state index in [0.29, 0.717) is 35.3 Å². The van der Waals surface area contributed by atoms with Crippen molar-refractivity contribution >= 4 is 28.3 Å². The van der Waals surface area contributed by atoms with E-state index in [4.69, 9.17) is 14.2 Å². The standard InChI is InChI=1S/C37H47N3O5S/c1-7-9-23-44-24-25-45-33-16-12-31(13-17-33)28(3)10-20-36(43-6)29(4)11-21-37(41)39-32-14-18-34(19-15-32)46(42)26-35-30(5)38-27-40(35)22-8-2/h10-21,27H,3,7-9,22-26H2,1-2,4-6H3,(H,39,41)/b20-10-,21-11+,36-29-. The number of hydrogen-bond donors (Lipinski definition) is 1. The predicted octanol–water partition coefficient (Wildman–Crippen LogP) is 7.79. The Morgan fingerprint density at radius 3 is 2.41 bits per heavy atom. The summed E-state index contributed by atoms with van der Waals surface area (Å²) in [6, 6.07) is 14.8. The number of carbonyl (C=O) groups is 1. The number of aromatic nitrogens is 2. The Morgan fingerprint density at radius 1 is 1.00 bits per heavy atom. The zero-order chi connectivity index (χ0) is 33.3. The number of nitrogens with one attached hydrogen (secondary N) is 1. The number of imidazole rings is 1. The summed E-state index contributed by atoms with van der Waals surface area (Å²) in [6.07, 6.45) is 11.8. The minimum absolute atomic E-state index is 0.286. The van der Waals surface area contributed by atoms with E-state index in [-0.39, 0.29) is 5.91 Å². The van der Waals surface area contributed by atoms with Crippen LogP contribution in [0.15, 0.2) is 102 Å². The van der Waals surface area contributed by atoms with Gasteiger partial charge in [-0.25, -0.2) is 4.98 Å². The highest BCUT2D eigenvalue weighted by molar-refractivity contribution is 7.90. The number of nitrogens with zero attached hydrogens (tertiary/aromatic N) is 2. The zero-order valence-electron chi connectivity index (χ0n) is 27.7. The molecule has 1 atom stereocenters. The van der Waals surface area contributed by atoms with Gasteiger partial charge in [0.05, 0.1) is 31.4 Å². The van der Waals surface area contributed by atoms with Crippen LogP contribution in [-0.4, -0.2) is 46.9 Å². The molecule has 0 saturated heterocycles. The van der Waals surface area contributed by atoms with Crippen LogP contribution in [0.1, 0.15) is 57.0 Å². The van der Waals surface area contributed by atoms with Crippen molar-refractivity contribution in [3.05, 3.63) is 114 Å². The van der Waals surface area contributed by atoms with E-state index in [1.165, 1.54) is 6.08 Å². The fourth-order valence-corrected chi connectivity index (χ4v) is 5.69. The minimum Gasteiger partial charge on any atom is -0.611 e. The van der Waals surface area contributed by atoms with Gasteiger partial charge in [-0.15, -0.1) is 0 Å². The highest BCUT2D eigenvalue weighted by atomic mass is 32.2. The van der Waals surface area contributed by atoms with Crippen molar-refractivity contribution in [1.82, 2.24) is 9.55 Å². The number of allylic oxidation sites excluding steroid dienone is 5. The summed E-state index contributed by atoms with van der Waals surface area (Å²) in [4.78, 5) is 17.7. The number of ether oxygens (including phenoxy) is 3. The number of benzene rings is 2. The Morgan fingerprint density at radius 2 is 1.74 bits per heavy atom. The SMILES string of the molecule is C=C(\C=C/C(OC)=C(C)/C=C/C(=O)Nc1ccc([S+]([O-])Cc2c(C)ncn2CCC)cc1)c1ccc(OCCOCCCC)cc1. The molecule has 2 aromatic carbocycles. The summed E-state index contributed by atoms with van der Waals surface area (Å²) in [5.41, 5.74) is 5.04. The Labute approximate surface area is 277 Å². The van der Waals surface area contributed by atoms with E-state index in [1.807, 2.05) is 50.3 Å². The van der Waals surface area contributed by atoms with Gasteiger partial charge in [0, 0.05) is 24.9 Å². The first-order chi connectivity index (χ1) is 22.2. The minimum atomic E-state index is -1.23. The fraction of sp³-hybridized carbons (Fsp3) is 0.351. The van der Waals surface area contributed by atoms with Gasteiger partial charge in [0.1, 0.15) is 18.1 Å². The van der Waals surface area contributed by atoms with E-state index < -0.39 is 11.2 Å². The highest BCUT2D eigenvalue weighted by Gasteiger charge is 2.17. The average molecular weight is 646 g/mol.